The first-order chi connectivity index (χ1) is 15.9. The van der Waals surface area contributed by atoms with E-state index in [0.29, 0.717) is 45.9 Å². The van der Waals surface area contributed by atoms with Crippen molar-refractivity contribution < 1.29 is 24.2 Å². The molecule has 11 nitrogen and oxygen atoms in total. The Kier molecular flexibility index (Phi) is 6.91. The number of fused-ring (bicyclic) bond motifs is 1. The Labute approximate surface area is 197 Å². The number of ether oxygens (including phenoxy) is 1. The molecule has 0 spiro atoms. The van der Waals surface area contributed by atoms with E-state index in [1.165, 1.54) is 28.4 Å². The number of carbonyl (C=O) groups excluding carboxylic acids is 2. The van der Waals surface area contributed by atoms with Crippen LogP contribution in [0.1, 0.15) is 11.4 Å². The van der Waals surface area contributed by atoms with E-state index in [1.54, 1.807) is 31.4 Å². The van der Waals surface area contributed by atoms with E-state index in [4.69, 9.17) is 10.5 Å². The number of β-lactam (4-membered cyclic amide) rings is 1. The molecule has 2 aliphatic rings. The number of methoxy groups -OCH3 is 1. The average Bonchev–Trinajstić information content (AvgIpc) is 3.24. The van der Waals surface area contributed by atoms with Crippen molar-refractivity contribution in [2.75, 3.05) is 24.3 Å². The number of thioether (sulfide) groups is 2. The molecular weight excluding hydrogens is 468 g/mol. The molecule has 0 radical (unpaired) electrons. The van der Waals surface area contributed by atoms with Crippen molar-refractivity contribution in [1.82, 2.24) is 25.4 Å². The van der Waals surface area contributed by atoms with Gasteiger partial charge in [0.1, 0.15) is 23.7 Å². The summed E-state index contributed by atoms with van der Waals surface area (Å²) in [5, 5.41) is 19.3. The van der Waals surface area contributed by atoms with Crippen molar-refractivity contribution in [1.29, 1.82) is 0 Å². The normalized spacial score (nSPS) is 19.8. The third kappa shape index (κ3) is 4.84. The Morgan fingerprint density at radius 1 is 1.42 bits per heavy atom. The topological polar surface area (TPSA) is 164 Å². The highest BCUT2D eigenvalue weighted by molar-refractivity contribution is 8.01. The highest BCUT2D eigenvalue weighted by atomic mass is 32.2. The van der Waals surface area contributed by atoms with Crippen LogP contribution in [0.25, 0.3) is 0 Å². The molecule has 0 saturated carbocycles. The van der Waals surface area contributed by atoms with Gasteiger partial charge in [0.2, 0.25) is 11.1 Å². The summed E-state index contributed by atoms with van der Waals surface area (Å²) in [5.41, 5.74) is 7.61. The number of nitrogens with zero attached hydrogens (tertiary/aromatic N) is 3. The van der Waals surface area contributed by atoms with Gasteiger partial charge in [-0.1, -0.05) is 30.0 Å². The Bertz CT molecular complexity index is 1120. The number of hydrogen-bond donors (Lipinski definition) is 4. The minimum atomic E-state index is -1.18. The zero-order valence-corrected chi connectivity index (χ0v) is 19.2. The first-order valence-corrected chi connectivity index (χ1v) is 12.0. The summed E-state index contributed by atoms with van der Waals surface area (Å²) in [5.74, 6) is -0.664. The molecule has 4 rings (SSSR count). The fraction of sp³-hybridized carbons (Fsp3) is 0.350. The number of benzene rings is 1. The van der Waals surface area contributed by atoms with E-state index in [-0.39, 0.29) is 18.0 Å². The second kappa shape index (κ2) is 9.85. The minimum absolute atomic E-state index is 0.0401. The molecule has 33 heavy (non-hydrogen) atoms. The van der Waals surface area contributed by atoms with Crippen molar-refractivity contribution in [3.8, 4) is 0 Å². The van der Waals surface area contributed by atoms with Crippen LogP contribution in [0.3, 0.4) is 0 Å². The molecule has 2 aromatic rings. The van der Waals surface area contributed by atoms with Crippen LogP contribution in [0.2, 0.25) is 0 Å². The largest absolute Gasteiger partial charge is 0.477 e. The lowest BCUT2D eigenvalue weighted by Gasteiger charge is -2.49. The molecule has 2 amide bonds. The number of aromatic amines is 1. The predicted molar refractivity (Wildman–Crippen MR) is 122 cm³/mol. The smallest absolute Gasteiger partial charge is 0.352 e. The first-order valence-electron chi connectivity index (χ1n) is 9.94. The molecule has 2 atom stereocenters. The predicted octanol–water partition coefficient (Wildman–Crippen LogP) is 0.607. The van der Waals surface area contributed by atoms with Gasteiger partial charge >= 0.3 is 5.97 Å². The number of anilines is 1. The number of amides is 2. The lowest BCUT2D eigenvalue weighted by molar-refractivity contribution is -0.150. The number of aromatic nitrogens is 3. The number of rotatable bonds is 9. The van der Waals surface area contributed by atoms with E-state index < -0.39 is 23.3 Å². The summed E-state index contributed by atoms with van der Waals surface area (Å²) in [6.07, 6.45) is 0.0408. The summed E-state index contributed by atoms with van der Waals surface area (Å²) in [6, 6.07) is 6.24. The van der Waals surface area contributed by atoms with Gasteiger partial charge in [-0.3, -0.25) is 19.6 Å². The lowest BCUT2D eigenvalue weighted by Crippen LogP contribution is -2.70. The maximum atomic E-state index is 12.8. The number of para-hydroxylation sites is 1. The van der Waals surface area contributed by atoms with Crippen LogP contribution >= 0.6 is 23.5 Å². The summed E-state index contributed by atoms with van der Waals surface area (Å²) >= 11 is 2.69. The quantitative estimate of drug-likeness (QED) is 0.222. The molecule has 1 aromatic heterocycles. The molecule has 5 N–H and O–H groups in total. The summed E-state index contributed by atoms with van der Waals surface area (Å²) in [6.45, 7) is 0.292. The van der Waals surface area contributed by atoms with Crippen LogP contribution in [0.15, 0.2) is 40.7 Å². The van der Waals surface area contributed by atoms with Gasteiger partial charge < -0.3 is 20.9 Å². The molecule has 2 aliphatic heterocycles. The molecule has 174 valence electrons. The van der Waals surface area contributed by atoms with Gasteiger partial charge in [-0.25, -0.2) is 9.78 Å². The molecule has 1 saturated heterocycles. The van der Waals surface area contributed by atoms with Gasteiger partial charge in [0.05, 0.1) is 6.42 Å². The van der Waals surface area contributed by atoms with Crippen molar-refractivity contribution >= 4 is 47.0 Å². The van der Waals surface area contributed by atoms with Crippen molar-refractivity contribution in [3.63, 3.8) is 0 Å². The standard InChI is InChI=1S/C20H22N6O5S2/c1-31-7-13-22-20(25-24-13)33-9-11-8-32-18-15(17(28)26(18)16(11)19(29)30)23-14(27)6-10-4-2-3-5-12(10)21/h2-5,15,18H,6-9,21H2,1H3,(H,23,27)(H,29,30)(H,22,24,25)/t15?,18-/m1/s1. The van der Waals surface area contributed by atoms with Crippen LogP contribution in [-0.2, 0) is 32.1 Å². The molecule has 1 fully saturated rings. The number of carbonyl (C=O) groups is 3. The second-order valence-electron chi connectivity index (χ2n) is 7.37. The van der Waals surface area contributed by atoms with Crippen LogP contribution in [0.4, 0.5) is 5.69 Å². The van der Waals surface area contributed by atoms with Crippen molar-refractivity contribution in [2.45, 2.75) is 29.6 Å². The number of carboxylic acid groups (broad SMARTS) is 1. The summed E-state index contributed by atoms with van der Waals surface area (Å²) in [7, 11) is 1.55. The van der Waals surface area contributed by atoms with Gasteiger partial charge in [-0.15, -0.1) is 16.9 Å². The average molecular weight is 491 g/mol. The maximum absolute atomic E-state index is 12.8. The van der Waals surface area contributed by atoms with Crippen molar-refractivity contribution in [2.24, 2.45) is 0 Å². The number of nitrogen functional groups attached to an aromatic ring is 1. The third-order valence-corrected chi connectivity index (χ3v) is 7.41. The monoisotopic (exact) mass is 490 g/mol. The van der Waals surface area contributed by atoms with E-state index in [9.17, 15) is 19.5 Å². The number of aliphatic carboxylic acids is 1. The number of nitrogens with one attached hydrogen (secondary N) is 2. The zero-order valence-electron chi connectivity index (χ0n) is 17.6. The van der Waals surface area contributed by atoms with E-state index in [1.807, 2.05) is 0 Å². The molecule has 13 heteroatoms. The summed E-state index contributed by atoms with van der Waals surface area (Å²) < 4.78 is 4.99. The number of nitrogens with two attached hydrogens (primary N) is 1. The first kappa shape index (κ1) is 23.1. The van der Waals surface area contributed by atoms with Crippen LogP contribution in [-0.4, -0.2) is 73.0 Å². The maximum Gasteiger partial charge on any atom is 0.352 e. The number of hydrogen-bond acceptors (Lipinski definition) is 9. The summed E-state index contributed by atoms with van der Waals surface area (Å²) in [4.78, 5) is 42.8. The lowest BCUT2D eigenvalue weighted by atomic mass is 10.0. The minimum Gasteiger partial charge on any atom is -0.477 e. The number of H-pyrrole nitrogens is 1. The number of carboxylic acids is 1. The van der Waals surface area contributed by atoms with E-state index >= 15 is 0 Å². The fourth-order valence-electron chi connectivity index (χ4n) is 3.58. The molecule has 1 unspecified atom stereocenters. The highest BCUT2D eigenvalue weighted by Crippen LogP contribution is 2.41. The van der Waals surface area contributed by atoms with Gasteiger partial charge in [0.15, 0.2) is 5.82 Å². The van der Waals surface area contributed by atoms with E-state index in [2.05, 4.69) is 20.5 Å². The Balaban J connectivity index is 1.41. The zero-order chi connectivity index (χ0) is 23.5. The van der Waals surface area contributed by atoms with Gasteiger partial charge in [-0.05, 0) is 17.2 Å². The molecular formula is C20H22N6O5S2. The van der Waals surface area contributed by atoms with E-state index in [0.717, 1.165) is 0 Å². The second-order valence-corrected chi connectivity index (χ2v) is 9.42. The van der Waals surface area contributed by atoms with Crippen LogP contribution in [0, 0.1) is 0 Å². The van der Waals surface area contributed by atoms with Crippen LogP contribution < -0.4 is 11.1 Å². The molecule has 0 bridgehead atoms. The van der Waals surface area contributed by atoms with Gasteiger partial charge in [0, 0.05) is 24.3 Å². The third-order valence-electron chi connectivity index (χ3n) is 5.14. The Hall–Kier alpha value is -3.03. The highest BCUT2D eigenvalue weighted by Gasteiger charge is 2.54. The van der Waals surface area contributed by atoms with Gasteiger partial charge in [-0.2, -0.15) is 0 Å². The molecule has 3 heterocycles. The Morgan fingerprint density at radius 2 is 2.21 bits per heavy atom. The molecule has 0 aliphatic carbocycles. The fourth-order valence-corrected chi connectivity index (χ4v) is 5.88. The Morgan fingerprint density at radius 3 is 2.94 bits per heavy atom. The SMILES string of the molecule is COCc1nc(SCC2=C(C(=O)O)N3C(=O)C(NC(=O)Cc4ccccc4N)[C@H]3SC2)n[nH]1. The molecule has 1 aromatic carbocycles. The van der Waals surface area contributed by atoms with Gasteiger partial charge in [0.25, 0.3) is 5.91 Å². The van der Waals surface area contributed by atoms with Crippen molar-refractivity contribution in [3.05, 3.63) is 46.9 Å². The van der Waals surface area contributed by atoms with Crippen LogP contribution in [0.5, 0.6) is 0 Å².